The molecule has 0 saturated heterocycles. The number of pyridine rings is 1. The number of halogens is 1. The molecule has 0 atom stereocenters. The highest BCUT2D eigenvalue weighted by Gasteiger charge is 2.11. The molecule has 0 unspecified atom stereocenters. The van der Waals surface area contributed by atoms with Crippen molar-refractivity contribution in [1.29, 1.82) is 0 Å². The second kappa shape index (κ2) is 7.45. The Balaban J connectivity index is 0.00000176. The van der Waals surface area contributed by atoms with Crippen LogP contribution in [-0.2, 0) is 7.05 Å². The molecule has 0 bridgehead atoms. The fourth-order valence-electron chi connectivity index (χ4n) is 2.30. The van der Waals surface area contributed by atoms with Gasteiger partial charge in [-0.25, -0.2) is 4.57 Å². The highest BCUT2D eigenvalue weighted by atomic mass is 127. The summed E-state index contributed by atoms with van der Waals surface area (Å²) in [6, 6.07) is 12.0. The van der Waals surface area contributed by atoms with Gasteiger partial charge in [0.15, 0.2) is 6.20 Å². The molecular formula is C18H18INO2. The number of aryl methyl sites for hydroxylation is 1. The SMILES string of the molecule is COc1ccc2c(c1)C=C(/C=C/c1cccc[n+]1C)CO2.[I-]. The molecule has 2 heterocycles. The minimum atomic E-state index is 0. The van der Waals surface area contributed by atoms with Gasteiger partial charge >= 0.3 is 0 Å². The zero-order chi connectivity index (χ0) is 14.7. The second-order valence-electron chi connectivity index (χ2n) is 4.98. The van der Waals surface area contributed by atoms with Gasteiger partial charge in [0.2, 0.25) is 5.69 Å². The van der Waals surface area contributed by atoms with Crippen LogP contribution in [-0.4, -0.2) is 13.7 Å². The largest absolute Gasteiger partial charge is 1.00 e. The van der Waals surface area contributed by atoms with Gasteiger partial charge in [0.05, 0.1) is 7.11 Å². The quantitative estimate of drug-likeness (QED) is 0.529. The highest BCUT2D eigenvalue weighted by molar-refractivity contribution is 5.67. The summed E-state index contributed by atoms with van der Waals surface area (Å²) in [7, 11) is 3.71. The summed E-state index contributed by atoms with van der Waals surface area (Å²) in [4.78, 5) is 0. The number of hydrogen-bond acceptors (Lipinski definition) is 2. The van der Waals surface area contributed by atoms with E-state index < -0.39 is 0 Å². The lowest BCUT2D eigenvalue weighted by Gasteiger charge is -2.16. The molecule has 0 radical (unpaired) electrons. The molecule has 0 fully saturated rings. The number of rotatable bonds is 3. The molecule has 1 aliphatic heterocycles. The predicted octanol–water partition coefficient (Wildman–Crippen LogP) is 0.0129. The Bertz CT molecular complexity index is 723. The first kappa shape index (κ1) is 16.5. The number of hydrogen-bond donors (Lipinski definition) is 0. The van der Waals surface area contributed by atoms with Crippen molar-refractivity contribution in [3.63, 3.8) is 0 Å². The fraction of sp³-hybridized carbons (Fsp3) is 0.167. The van der Waals surface area contributed by atoms with Crippen LogP contribution < -0.4 is 38.0 Å². The molecule has 2 aromatic rings. The third kappa shape index (κ3) is 3.68. The molecule has 4 heteroatoms. The predicted molar refractivity (Wildman–Crippen MR) is 83.1 cm³/mol. The van der Waals surface area contributed by atoms with Crippen LogP contribution in [0, 0.1) is 0 Å². The van der Waals surface area contributed by atoms with Crippen molar-refractivity contribution >= 4 is 12.2 Å². The number of ether oxygens (including phenoxy) is 2. The van der Waals surface area contributed by atoms with E-state index in [1.807, 2.05) is 43.6 Å². The van der Waals surface area contributed by atoms with Crippen molar-refractivity contribution in [1.82, 2.24) is 0 Å². The van der Waals surface area contributed by atoms with Gasteiger partial charge in [-0.2, -0.15) is 0 Å². The van der Waals surface area contributed by atoms with Crippen molar-refractivity contribution < 1.29 is 38.0 Å². The van der Waals surface area contributed by atoms with E-state index in [-0.39, 0.29) is 24.0 Å². The zero-order valence-electron chi connectivity index (χ0n) is 12.6. The van der Waals surface area contributed by atoms with Crippen LogP contribution in [0.2, 0.25) is 0 Å². The van der Waals surface area contributed by atoms with Crippen molar-refractivity contribution in [2.75, 3.05) is 13.7 Å². The minimum absolute atomic E-state index is 0. The number of methoxy groups -OCH3 is 1. The number of benzene rings is 1. The van der Waals surface area contributed by atoms with Crippen LogP contribution in [0.15, 0.2) is 54.2 Å². The maximum absolute atomic E-state index is 5.77. The summed E-state index contributed by atoms with van der Waals surface area (Å²) in [6.45, 7) is 0.590. The number of nitrogens with zero attached hydrogens (tertiary/aromatic N) is 1. The van der Waals surface area contributed by atoms with Crippen molar-refractivity contribution in [2.45, 2.75) is 0 Å². The van der Waals surface area contributed by atoms with E-state index >= 15 is 0 Å². The van der Waals surface area contributed by atoms with Gasteiger partial charge in [0, 0.05) is 23.8 Å². The average molecular weight is 407 g/mol. The van der Waals surface area contributed by atoms with E-state index in [1.54, 1.807) is 7.11 Å². The zero-order valence-corrected chi connectivity index (χ0v) is 14.8. The van der Waals surface area contributed by atoms with Crippen LogP contribution in [0.5, 0.6) is 11.5 Å². The summed E-state index contributed by atoms with van der Waals surface area (Å²) >= 11 is 0. The molecule has 0 N–H and O–H groups in total. The molecule has 0 spiro atoms. The van der Waals surface area contributed by atoms with Gasteiger partial charge < -0.3 is 33.5 Å². The molecule has 3 nitrogen and oxygen atoms in total. The van der Waals surface area contributed by atoms with Crippen LogP contribution >= 0.6 is 0 Å². The van der Waals surface area contributed by atoms with E-state index in [0.717, 1.165) is 28.3 Å². The first-order valence-corrected chi connectivity index (χ1v) is 6.90. The van der Waals surface area contributed by atoms with Crippen LogP contribution in [0.25, 0.3) is 12.2 Å². The van der Waals surface area contributed by atoms with Crippen LogP contribution in [0.1, 0.15) is 11.3 Å². The lowest BCUT2D eigenvalue weighted by Crippen LogP contribution is -3.00. The van der Waals surface area contributed by atoms with E-state index in [9.17, 15) is 0 Å². The lowest BCUT2D eigenvalue weighted by molar-refractivity contribution is -0.673. The van der Waals surface area contributed by atoms with Gasteiger partial charge in [-0.05, 0) is 42.0 Å². The molecule has 0 aliphatic carbocycles. The Labute approximate surface area is 147 Å². The summed E-state index contributed by atoms with van der Waals surface area (Å²) in [5.41, 5.74) is 3.34. The molecule has 1 aromatic carbocycles. The first-order chi connectivity index (χ1) is 10.3. The second-order valence-corrected chi connectivity index (χ2v) is 4.98. The molecule has 114 valence electrons. The minimum Gasteiger partial charge on any atom is -1.00 e. The van der Waals surface area contributed by atoms with Crippen molar-refractivity contribution in [3.8, 4) is 11.5 Å². The average Bonchev–Trinajstić information content (AvgIpc) is 2.53. The van der Waals surface area contributed by atoms with Gasteiger partial charge in [-0.3, -0.25) is 0 Å². The van der Waals surface area contributed by atoms with Crippen LogP contribution in [0.4, 0.5) is 0 Å². The van der Waals surface area contributed by atoms with Crippen LogP contribution in [0.3, 0.4) is 0 Å². The molecule has 22 heavy (non-hydrogen) atoms. The summed E-state index contributed by atoms with van der Waals surface area (Å²) in [5, 5.41) is 0. The maximum atomic E-state index is 5.77. The lowest BCUT2D eigenvalue weighted by atomic mass is 10.1. The van der Waals surface area contributed by atoms with Gasteiger partial charge in [0.1, 0.15) is 25.2 Å². The Morgan fingerprint density at radius 1 is 1.18 bits per heavy atom. The summed E-state index contributed by atoms with van der Waals surface area (Å²) in [6.07, 6.45) is 8.37. The number of fused-ring (bicyclic) bond motifs is 1. The van der Waals surface area contributed by atoms with Crippen molar-refractivity contribution in [2.24, 2.45) is 7.05 Å². The normalized spacial score (nSPS) is 12.9. The third-order valence-electron chi connectivity index (χ3n) is 3.52. The summed E-state index contributed by atoms with van der Waals surface area (Å²) in [5.74, 6) is 1.74. The third-order valence-corrected chi connectivity index (χ3v) is 3.52. The monoisotopic (exact) mass is 407 g/mol. The van der Waals surface area contributed by atoms with E-state index in [0.29, 0.717) is 6.61 Å². The number of aromatic nitrogens is 1. The molecule has 3 rings (SSSR count). The molecule has 1 aromatic heterocycles. The van der Waals surface area contributed by atoms with Gasteiger partial charge in [0.25, 0.3) is 0 Å². The van der Waals surface area contributed by atoms with E-state index in [2.05, 4.69) is 28.9 Å². The van der Waals surface area contributed by atoms with E-state index in [4.69, 9.17) is 9.47 Å². The molecule has 0 amide bonds. The topological polar surface area (TPSA) is 22.3 Å². The molecule has 0 saturated carbocycles. The summed E-state index contributed by atoms with van der Waals surface area (Å²) < 4.78 is 13.1. The Morgan fingerprint density at radius 3 is 2.82 bits per heavy atom. The highest BCUT2D eigenvalue weighted by Crippen LogP contribution is 2.30. The smallest absolute Gasteiger partial charge is 0.204 e. The van der Waals surface area contributed by atoms with Gasteiger partial charge in [-0.15, -0.1) is 0 Å². The van der Waals surface area contributed by atoms with Gasteiger partial charge in [-0.1, -0.05) is 0 Å². The Hall–Kier alpha value is -1.82. The van der Waals surface area contributed by atoms with E-state index in [1.165, 1.54) is 0 Å². The molecule has 1 aliphatic rings. The fourth-order valence-corrected chi connectivity index (χ4v) is 2.30. The maximum Gasteiger partial charge on any atom is 0.204 e. The standard InChI is InChI=1S/C18H18NO2.HI/c1-19-10-4-3-5-16(19)7-6-14-11-15-12-17(20-2)8-9-18(15)21-13-14;/h3-12H,13H2,1-2H3;1H/q+1;/p-1/b7-6+;. The first-order valence-electron chi connectivity index (χ1n) is 6.90. The van der Waals surface area contributed by atoms with Crippen molar-refractivity contribution in [3.05, 3.63) is 65.5 Å². The Kier molecular flexibility index (Phi) is 5.60. The Morgan fingerprint density at radius 2 is 2.05 bits per heavy atom. The molecular weight excluding hydrogens is 389 g/mol.